The number of hydrogen-bond acceptors (Lipinski definition) is 13. The maximum atomic E-state index is 13.1. The minimum absolute atomic E-state index is 0.156. The minimum Gasteiger partial charge on any atom is -0.496 e. The molecule has 0 heterocycles. The maximum absolute atomic E-state index is 13.1. The Morgan fingerprint density at radius 3 is 1.22 bits per heavy atom. The molecule has 1 aliphatic rings. The summed E-state index contributed by atoms with van der Waals surface area (Å²) in [6.45, 7) is -1.64. The third-order valence-electron chi connectivity index (χ3n) is 7.52. The average Bonchev–Trinajstić information content (AvgIpc) is 3.18. The largest absolute Gasteiger partial charge is 0.496 e. The van der Waals surface area contributed by atoms with Gasteiger partial charge in [-0.15, -0.1) is 0 Å². The summed E-state index contributed by atoms with van der Waals surface area (Å²) in [6, 6.07) is 19.4. The Labute approximate surface area is 295 Å². The van der Waals surface area contributed by atoms with Crippen molar-refractivity contribution >= 4 is 23.9 Å². The van der Waals surface area contributed by atoms with E-state index in [1.54, 1.807) is 66.7 Å². The van der Waals surface area contributed by atoms with E-state index in [0.29, 0.717) is 24.4 Å². The Morgan fingerprint density at radius 1 is 0.490 bits per heavy atom. The molecule has 0 spiro atoms. The number of rotatable bonds is 18. The Kier molecular flexibility index (Phi) is 14.4. The SMILES string of the molecule is COC1=CCCC=C1C(=O)OCC(COC(=O)c1ccccc1OC)OC(COC(=O)c1ccccc1OC)COC(=O)c1ccccc1OC. The first-order chi connectivity index (χ1) is 24.8. The molecule has 0 N–H and O–H groups in total. The van der Waals surface area contributed by atoms with Crippen LogP contribution in [0.25, 0.3) is 0 Å². The summed E-state index contributed by atoms with van der Waals surface area (Å²) in [5.74, 6) is -1.64. The van der Waals surface area contributed by atoms with Gasteiger partial charge < -0.3 is 42.6 Å². The van der Waals surface area contributed by atoms with Gasteiger partial charge in [-0.2, -0.15) is 0 Å². The van der Waals surface area contributed by atoms with Crippen molar-refractivity contribution in [2.45, 2.75) is 25.0 Å². The standard InChI is InChI=1S/C38H40O13/c1-43-31-17-9-5-13-27(31)35(39)47-21-25(22-48-36(40)28-14-6-10-18-32(28)44-2)51-26(23-49-37(41)29-15-7-11-19-33(29)45-3)24-50-38(42)30-16-8-12-20-34(30)46-4/h5-7,9-11,13-20,25-26H,8,12,21-24H2,1-4H3. The van der Waals surface area contributed by atoms with Crippen LogP contribution >= 0.6 is 0 Å². The van der Waals surface area contributed by atoms with Crippen molar-refractivity contribution in [1.82, 2.24) is 0 Å². The molecule has 1 aliphatic carbocycles. The van der Waals surface area contributed by atoms with Gasteiger partial charge in [-0.25, -0.2) is 19.2 Å². The van der Waals surface area contributed by atoms with E-state index in [1.807, 2.05) is 0 Å². The fourth-order valence-electron chi connectivity index (χ4n) is 4.98. The zero-order chi connectivity index (χ0) is 36.6. The monoisotopic (exact) mass is 704 g/mol. The van der Waals surface area contributed by atoms with Gasteiger partial charge in [0, 0.05) is 0 Å². The molecular formula is C38H40O13. The van der Waals surface area contributed by atoms with E-state index in [-0.39, 0.29) is 33.8 Å². The number of para-hydroxylation sites is 3. The molecule has 270 valence electrons. The van der Waals surface area contributed by atoms with E-state index in [2.05, 4.69) is 0 Å². The van der Waals surface area contributed by atoms with E-state index < -0.39 is 62.5 Å². The van der Waals surface area contributed by atoms with E-state index in [1.165, 1.54) is 46.6 Å². The van der Waals surface area contributed by atoms with Gasteiger partial charge in [0.15, 0.2) is 0 Å². The fraction of sp³-hybridized carbons (Fsp3) is 0.316. The summed E-state index contributed by atoms with van der Waals surface area (Å²) in [7, 11) is 5.71. The average molecular weight is 705 g/mol. The maximum Gasteiger partial charge on any atom is 0.342 e. The molecule has 4 rings (SSSR count). The number of allylic oxidation sites excluding steroid dienone is 2. The van der Waals surface area contributed by atoms with Crippen molar-refractivity contribution < 1.29 is 61.8 Å². The number of methoxy groups -OCH3 is 4. The van der Waals surface area contributed by atoms with Crippen molar-refractivity contribution in [2.75, 3.05) is 54.9 Å². The topological polar surface area (TPSA) is 151 Å². The van der Waals surface area contributed by atoms with Gasteiger partial charge in [-0.05, 0) is 55.3 Å². The molecule has 0 amide bonds. The first-order valence-electron chi connectivity index (χ1n) is 16.0. The molecule has 0 aromatic heterocycles. The molecule has 51 heavy (non-hydrogen) atoms. The van der Waals surface area contributed by atoms with Gasteiger partial charge in [0.05, 0.1) is 34.0 Å². The van der Waals surface area contributed by atoms with E-state index in [9.17, 15) is 19.2 Å². The summed E-state index contributed by atoms with van der Waals surface area (Å²) < 4.78 is 49.7. The van der Waals surface area contributed by atoms with Gasteiger partial charge in [-0.1, -0.05) is 42.5 Å². The Morgan fingerprint density at radius 2 is 0.843 bits per heavy atom. The van der Waals surface area contributed by atoms with Crippen LogP contribution in [0, 0.1) is 0 Å². The normalized spacial score (nSPS) is 12.8. The predicted octanol–water partition coefficient (Wildman–Crippen LogP) is 5.13. The van der Waals surface area contributed by atoms with Crippen LogP contribution in [0.15, 0.2) is 96.3 Å². The minimum atomic E-state index is -1.13. The molecule has 0 saturated heterocycles. The second kappa shape index (κ2) is 19.4. The van der Waals surface area contributed by atoms with Gasteiger partial charge >= 0.3 is 23.9 Å². The second-order valence-corrected chi connectivity index (χ2v) is 10.8. The Bertz CT molecular complexity index is 1660. The predicted molar refractivity (Wildman–Crippen MR) is 182 cm³/mol. The molecule has 1 atom stereocenters. The van der Waals surface area contributed by atoms with Gasteiger partial charge in [0.25, 0.3) is 0 Å². The molecule has 0 fully saturated rings. The van der Waals surface area contributed by atoms with Crippen molar-refractivity contribution in [3.05, 3.63) is 113 Å². The Hall–Kier alpha value is -5.82. The highest BCUT2D eigenvalue weighted by molar-refractivity contribution is 5.94. The molecule has 13 nitrogen and oxygen atoms in total. The number of benzene rings is 3. The molecule has 0 saturated carbocycles. The van der Waals surface area contributed by atoms with Crippen molar-refractivity contribution in [3.63, 3.8) is 0 Å². The lowest BCUT2D eigenvalue weighted by Gasteiger charge is -2.25. The van der Waals surface area contributed by atoms with Crippen LogP contribution in [0.4, 0.5) is 0 Å². The Balaban J connectivity index is 1.55. The number of esters is 4. The lowest BCUT2D eigenvalue weighted by Crippen LogP contribution is -2.38. The van der Waals surface area contributed by atoms with Crippen LogP contribution in [0.5, 0.6) is 17.2 Å². The molecule has 0 bridgehead atoms. The highest BCUT2D eigenvalue weighted by atomic mass is 16.6. The van der Waals surface area contributed by atoms with Crippen LogP contribution in [0.2, 0.25) is 0 Å². The molecule has 3 aromatic rings. The molecule has 0 radical (unpaired) electrons. The van der Waals surface area contributed by atoms with E-state index >= 15 is 0 Å². The van der Waals surface area contributed by atoms with Crippen LogP contribution in [-0.2, 0) is 33.2 Å². The van der Waals surface area contributed by atoms with Crippen molar-refractivity contribution in [1.29, 1.82) is 0 Å². The first-order valence-corrected chi connectivity index (χ1v) is 16.0. The fourth-order valence-corrected chi connectivity index (χ4v) is 4.98. The third-order valence-corrected chi connectivity index (χ3v) is 7.52. The second-order valence-electron chi connectivity index (χ2n) is 10.8. The van der Waals surface area contributed by atoms with Crippen molar-refractivity contribution in [3.8, 4) is 17.2 Å². The number of carbonyl (C=O) groups excluding carboxylic acids is 4. The summed E-state index contributed by atoms with van der Waals surface area (Å²) >= 11 is 0. The molecule has 3 aromatic carbocycles. The molecule has 1 unspecified atom stereocenters. The van der Waals surface area contributed by atoms with Crippen LogP contribution in [0.1, 0.15) is 43.9 Å². The lowest BCUT2D eigenvalue weighted by molar-refractivity contribution is -0.149. The van der Waals surface area contributed by atoms with Gasteiger partial charge in [0.1, 0.15) is 78.3 Å². The smallest absolute Gasteiger partial charge is 0.342 e. The molecule has 0 aliphatic heterocycles. The zero-order valence-corrected chi connectivity index (χ0v) is 28.8. The highest BCUT2D eigenvalue weighted by Crippen LogP contribution is 2.23. The molecule has 13 heteroatoms. The highest BCUT2D eigenvalue weighted by Gasteiger charge is 2.27. The zero-order valence-electron chi connectivity index (χ0n) is 28.8. The summed E-state index contributed by atoms with van der Waals surface area (Å²) in [5.41, 5.74) is 0.708. The van der Waals surface area contributed by atoms with Crippen LogP contribution < -0.4 is 14.2 Å². The first kappa shape index (κ1) is 38.0. The number of ether oxygens (including phenoxy) is 9. The van der Waals surface area contributed by atoms with Crippen molar-refractivity contribution in [2.24, 2.45) is 0 Å². The number of carbonyl (C=O) groups is 4. The third kappa shape index (κ3) is 10.6. The summed E-state index contributed by atoms with van der Waals surface area (Å²) in [6.07, 6.45) is 2.56. The van der Waals surface area contributed by atoms with Crippen LogP contribution in [0.3, 0.4) is 0 Å². The molecular weight excluding hydrogens is 664 g/mol. The van der Waals surface area contributed by atoms with Crippen LogP contribution in [-0.4, -0.2) is 91.0 Å². The van der Waals surface area contributed by atoms with Gasteiger partial charge in [0.2, 0.25) is 0 Å². The summed E-state index contributed by atoms with van der Waals surface area (Å²) in [5, 5.41) is 0. The quantitative estimate of drug-likeness (QED) is 0.127. The summed E-state index contributed by atoms with van der Waals surface area (Å²) in [4.78, 5) is 52.4. The van der Waals surface area contributed by atoms with Gasteiger partial charge in [-0.3, -0.25) is 0 Å². The number of hydrogen-bond donors (Lipinski definition) is 0. The van der Waals surface area contributed by atoms with E-state index in [4.69, 9.17) is 42.6 Å². The lowest BCUT2D eigenvalue weighted by atomic mass is 10.1. The van der Waals surface area contributed by atoms with E-state index in [0.717, 1.165) is 0 Å².